The summed E-state index contributed by atoms with van der Waals surface area (Å²) in [6.45, 7) is 7.01. The first-order chi connectivity index (χ1) is 34.9. The quantitative estimate of drug-likeness (QED) is 0.0653. The summed E-state index contributed by atoms with van der Waals surface area (Å²) in [4.78, 5) is 69.6. The van der Waals surface area contributed by atoms with Crippen molar-refractivity contribution in [3.05, 3.63) is 126 Å². The second-order valence-electron chi connectivity index (χ2n) is 17.5. The van der Waals surface area contributed by atoms with Gasteiger partial charge in [0.1, 0.15) is 30.3 Å². The minimum absolute atomic E-state index is 0. The summed E-state index contributed by atoms with van der Waals surface area (Å²) in [6, 6.07) is 24.5. The summed E-state index contributed by atoms with van der Waals surface area (Å²) in [5.41, 5.74) is 3.31. The molecule has 19 nitrogen and oxygen atoms in total. The van der Waals surface area contributed by atoms with E-state index < -0.39 is 5.97 Å². The molecule has 0 bridgehead atoms. The average Bonchev–Trinajstić information content (AvgIpc) is 4.24. The van der Waals surface area contributed by atoms with Gasteiger partial charge in [-0.3, -0.25) is 28.8 Å². The Bertz CT molecular complexity index is 2400. The third kappa shape index (κ3) is 18.8. The summed E-state index contributed by atoms with van der Waals surface area (Å²) in [6.07, 6.45) is 13.2. The predicted octanol–water partition coefficient (Wildman–Crippen LogP) is 8.91. The minimum Gasteiger partial charge on any atom is -0.481 e. The van der Waals surface area contributed by atoms with Crippen LogP contribution in [0.5, 0.6) is 0 Å². The maximum Gasteiger partial charge on any atom is 0.356 e. The number of aromatic nitrogens is 6. The lowest BCUT2D eigenvalue weighted by atomic mass is 9.86. The molecule has 3 N–H and O–H groups in total. The first-order valence-electron chi connectivity index (χ1n) is 24.8. The maximum absolute atomic E-state index is 12.3. The van der Waals surface area contributed by atoms with Crippen molar-refractivity contribution in [1.29, 1.82) is 0 Å². The summed E-state index contributed by atoms with van der Waals surface area (Å²) >= 11 is 0. The number of aliphatic hydroxyl groups is 1. The molecule has 19 heteroatoms. The Hall–Kier alpha value is -7.15. The molecule has 0 amide bonds. The van der Waals surface area contributed by atoms with Gasteiger partial charge in [-0.2, -0.15) is 15.3 Å². The Morgan fingerprint density at radius 2 is 0.918 bits per heavy atom. The van der Waals surface area contributed by atoms with Crippen molar-refractivity contribution < 1.29 is 62.7 Å². The van der Waals surface area contributed by atoms with Crippen molar-refractivity contribution in [3.63, 3.8) is 0 Å². The fourth-order valence-electron chi connectivity index (χ4n) is 8.65. The minimum atomic E-state index is -0.732. The van der Waals surface area contributed by atoms with Gasteiger partial charge in [-0.25, -0.2) is 14.4 Å². The number of carboxylic acids is 1. The molecule has 0 unspecified atom stereocenters. The number of ether oxygens (including phenoxy) is 5. The molecule has 396 valence electrons. The topological polar surface area (TPSA) is 253 Å². The van der Waals surface area contributed by atoms with E-state index in [1.807, 2.05) is 60.7 Å². The van der Waals surface area contributed by atoms with Gasteiger partial charge in [0, 0.05) is 18.6 Å². The molecule has 3 aliphatic carbocycles. The smallest absolute Gasteiger partial charge is 0.356 e. The van der Waals surface area contributed by atoms with Gasteiger partial charge in [0.05, 0.1) is 55.8 Å². The standard InChI is InChI=1S/C20H24N2O4.C14H18O3.C13H18N2O4.C6H8N2O2.CH4/c1-2-25-20(24)18-12-13-21-22(18)17-10-8-16(9-11-17)19(23)26-14-15-6-4-3-5-7-15;15-13-8-6-12(7-9-13)14(16)17-10-11-4-2-1-3-5-11;1-2-19-13(18)11-7-8-14-15(11)10-5-3-9(4-6-10)12(16)17;1-2-10-6(9)5-3-4-7-8-5;/h3-7,12-13,16-17H,2,8-11,14H2,1H3;1-5,12-13,15H,6-10H2;7-10H,2-6H2,1H3,(H,16,17);3-4H,2H2,1H3,(H,7,8);1H4. The van der Waals surface area contributed by atoms with Gasteiger partial charge >= 0.3 is 35.8 Å². The molecule has 5 aromatic rings. The van der Waals surface area contributed by atoms with Gasteiger partial charge < -0.3 is 33.9 Å². The van der Waals surface area contributed by atoms with Crippen LogP contribution in [0.3, 0.4) is 0 Å². The third-order valence-electron chi connectivity index (χ3n) is 12.6. The van der Waals surface area contributed by atoms with Crippen LogP contribution in [-0.4, -0.2) is 102 Å². The fourth-order valence-corrected chi connectivity index (χ4v) is 8.65. The lowest BCUT2D eigenvalue weighted by Gasteiger charge is -2.28. The molecule has 0 spiro atoms. The third-order valence-corrected chi connectivity index (χ3v) is 12.6. The highest BCUT2D eigenvalue weighted by molar-refractivity contribution is 5.88. The zero-order valence-corrected chi connectivity index (χ0v) is 41.3. The number of carboxylic acid groups (broad SMARTS) is 1. The molecule has 73 heavy (non-hydrogen) atoms. The first kappa shape index (κ1) is 58.4. The molecule has 8 rings (SSSR count). The zero-order chi connectivity index (χ0) is 51.7. The SMILES string of the molecule is C.CCOC(=O)c1ccn[nH]1.CCOC(=O)c1ccnn1C1CCC(C(=O)O)CC1.CCOC(=O)c1ccnn1C1CCC(C(=O)OCc2ccccc2)CC1.O=C(OCc1ccccc1)C1CCC(O)CC1. The molecule has 3 fully saturated rings. The number of hydrogen-bond acceptors (Lipinski definition) is 15. The monoisotopic (exact) mass is 1010 g/mol. The van der Waals surface area contributed by atoms with Crippen molar-refractivity contribution in [2.75, 3.05) is 19.8 Å². The van der Waals surface area contributed by atoms with E-state index in [1.54, 1.807) is 60.7 Å². The van der Waals surface area contributed by atoms with Gasteiger partial charge in [-0.15, -0.1) is 0 Å². The van der Waals surface area contributed by atoms with Gasteiger partial charge in [0.15, 0.2) is 0 Å². The molecular weight excluding hydrogens is 941 g/mol. The van der Waals surface area contributed by atoms with Crippen LogP contribution in [0.2, 0.25) is 0 Å². The molecule has 0 aliphatic heterocycles. The molecule has 0 saturated heterocycles. The first-order valence-corrected chi connectivity index (χ1v) is 24.8. The van der Waals surface area contributed by atoms with Crippen LogP contribution in [-0.2, 0) is 51.3 Å². The van der Waals surface area contributed by atoms with E-state index in [9.17, 15) is 33.9 Å². The number of nitrogens with zero attached hydrogens (tertiary/aromatic N) is 5. The van der Waals surface area contributed by atoms with Crippen LogP contribution in [0, 0.1) is 17.8 Å². The number of rotatable bonds is 15. The van der Waals surface area contributed by atoms with Crippen LogP contribution in [0.15, 0.2) is 97.5 Å². The highest BCUT2D eigenvalue weighted by Crippen LogP contribution is 2.34. The van der Waals surface area contributed by atoms with Crippen LogP contribution in [0.25, 0.3) is 0 Å². The molecule has 3 saturated carbocycles. The number of carbonyl (C=O) groups excluding carboxylic acids is 5. The Morgan fingerprint density at radius 3 is 1.30 bits per heavy atom. The molecule has 3 aromatic heterocycles. The second kappa shape index (κ2) is 31.3. The Balaban J connectivity index is 0.000000220. The van der Waals surface area contributed by atoms with E-state index in [-0.39, 0.29) is 73.2 Å². The van der Waals surface area contributed by atoms with Crippen molar-refractivity contribution in [3.8, 4) is 0 Å². The Labute approximate surface area is 426 Å². The number of carbonyl (C=O) groups is 6. The van der Waals surface area contributed by atoms with E-state index in [4.69, 9.17) is 24.1 Å². The van der Waals surface area contributed by atoms with Crippen LogP contribution < -0.4 is 0 Å². The van der Waals surface area contributed by atoms with E-state index in [1.165, 1.54) is 6.20 Å². The van der Waals surface area contributed by atoms with Gasteiger partial charge in [-0.05, 0) is 127 Å². The van der Waals surface area contributed by atoms with Crippen molar-refractivity contribution in [1.82, 2.24) is 29.8 Å². The molecule has 0 radical (unpaired) electrons. The normalized spacial score (nSPS) is 19.9. The summed E-state index contributed by atoms with van der Waals surface area (Å²) in [7, 11) is 0. The summed E-state index contributed by atoms with van der Waals surface area (Å²) < 4.78 is 28.9. The Kier molecular flexibility index (Phi) is 25.1. The van der Waals surface area contributed by atoms with Crippen LogP contribution in [0.1, 0.15) is 160 Å². The van der Waals surface area contributed by atoms with Crippen molar-refractivity contribution in [2.24, 2.45) is 17.8 Å². The Morgan fingerprint density at radius 1 is 0.521 bits per heavy atom. The fraction of sp³-hybridized carbons (Fsp3) is 0.500. The lowest BCUT2D eigenvalue weighted by molar-refractivity contribution is -0.152. The number of esters is 5. The lowest BCUT2D eigenvalue weighted by Crippen LogP contribution is -2.27. The van der Waals surface area contributed by atoms with Crippen LogP contribution >= 0.6 is 0 Å². The van der Waals surface area contributed by atoms with E-state index in [2.05, 4.69) is 25.1 Å². The predicted molar refractivity (Wildman–Crippen MR) is 268 cm³/mol. The molecule has 3 heterocycles. The summed E-state index contributed by atoms with van der Waals surface area (Å²) in [5, 5.41) is 32.9. The number of H-pyrrole nitrogens is 1. The maximum atomic E-state index is 12.3. The molecule has 0 atom stereocenters. The van der Waals surface area contributed by atoms with Crippen LogP contribution in [0.4, 0.5) is 0 Å². The number of nitrogens with one attached hydrogen (secondary N) is 1. The van der Waals surface area contributed by atoms with Crippen molar-refractivity contribution in [2.45, 2.75) is 137 Å². The second-order valence-corrected chi connectivity index (χ2v) is 17.5. The summed E-state index contributed by atoms with van der Waals surface area (Å²) in [5.74, 6) is -2.46. The number of hydrogen-bond donors (Lipinski definition) is 3. The van der Waals surface area contributed by atoms with Gasteiger partial charge in [0.25, 0.3) is 0 Å². The van der Waals surface area contributed by atoms with Gasteiger partial charge in [-0.1, -0.05) is 68.1 Å². The molecular formula is C54H72N6O13. The molecule has 2 aromatic carbocycles. The highest BCUT2D eigenvalue weighted by atomic mass is 16.5. The number of benzene rings is 2. The van der Waals surface area contributed by atoms with Gasteiger partial charge in [0.2, 0.25) is 0 Å². The number of aromatic amines is 1. The largest absolute Gasteiger partial charge is 0.481 e. The number of aliphatic hydroxyl groups excluding tert-OH is 1. The number of aliphatic carboxylic acids is 1. The van der Waals surface area contributed by atoms with E-state index >= 15 is 0 Å². The van der Waals surface area contributed by atoms with E-state index in [0.717, 1.165) is 62.5 Å². The molecule has 3 aliphatic rings. The highest BCUT2D eigenvalue weighted by Gasteiger charge is 2.32. The zero-order valence-electron chi connectivity index (χ0n) is 41.3. The van der Waals surface area contributed by atoms with E-state index in [0.29, 0.717) is 75.8 Å². The van der Waals surface area contributed by atoms with Crippen molar-refractivity contribution >= 4 is 35.8 Å². The average molecular weight is 1010 g/mol.